The fraction of sp³-hybridized carbons (Fsp3) is 0.297. The van der Waals surface area contributed by atoms with E-state index in [9.17, 15) is 18.0 Å². The van der Waals surface area contributed by atoms with Gasteiger partial charge in [-0.05, 0) is 75.2 Å². The monoisotopic (exact) mass is 691 g/mol. The summed E-state index contributed by atoms with van der Waals surface area (Å²) in [6, 6.07) is 26.4. The molecule has 0 bridgehead atoms. The maximum absolute atomic E-state index is 14.7. The van der Waals surface area contributed by atoms with Gasteiger partial charge in [-0.2, -0.15) is 0 Å². The van der Waals surface area contributed by atoms with Gasteiger partial charge < -0.3 is 19.7 Å². The maximum Gasteiger partial charge on any atom is 0.264 e. The van der Waals surface area contributed by atoms with Crippen molar-refractivity contribution >= 4 is 39.1 Å². The van der Waals surface area contributed by atoms with Gasteiger partial charge in [0.2, 0.25) is 11.8 Å². The summed E-state index contributed by atoms with van der Waals surface area (Å²) in [6.07, 6.45) is 0.191. The number of nitrogens with one attached hydrogen (secondary N) is 1. The highest BCUT2D eigenvalue weighted by Gasteiger charge is 2.36. The van der Waals surface area contributed by atoms with Crippen LogP contribution in [0.2, 0.25) is 5.02 Å². The van der Waals surface area contributed by atoms with Crippen LogP contribution in [-0.4, -0.2) is 57.5 Å². The molecule has 0 aliphatic rings. The van der Waals surface area contributed by atoms with Crippen molar-refractivity contribution in [3.63, 3.8) is 0 Å². The normalized spacial score (nSPS) is 12.1. The van der Waals surface area contributed by atoms with Crippen LogP contribution in [0.4, 0.5) is 5.69 Å². The number of methoxy groups -OCH3 is 2. The Bertz CT molecular complexity index is 1830. The van der Waals surface area contributed by atoms with Gasteiger partial charge in [0.1, 0.15) is 12.6 Å². The average Bonchev–Trinajstić information content (AvgIpc) is 3.04. The second-order valence-electron chi connectivity index (χ2n) is 12.5. The second kappa shape index (κ2) is 15.6. The SMILES string of the molecule is COc1ccc(N(CC(=O)N(Cc2cccc(Cl)c2)C(Cc2ccccc2)C(=O)NC(C)(C)C)S(=O)(=O)c2ccc(C)cc2)cc1OC. The lowest BCUT2D eigenvalue weighted by Gasteiger charge is -2.35. The topological polar surface area (TPSA) is 105 Å². The fourth-order valence-electron chi connectivity index (χ4n) is 5.19. The Morgan fingerprint density at radius 2 is 1.48 bits per heavy atom. The van der Waals surface area contributed by atoms with Crippen molar-refractivity contribution in [3.8, 4) is 11.5 Å². The highest BCUT2D eigenvalue weighted by atomic mass is 35.5. The van der Waals surface area contributed by atoms with Crippen LogP contribution in [0.1, 0.15) is 37.5 Å². The van der Waals surface area contributed by atoms with Gasteiger partial charge in [0, 0.05) is 29.6 Å². The van der Waals surface area contributed by atoms with Gasteiger partial charge in [-0.15, -0.1) is 0 Å². The van der Waals surface area contributed by atoms with E-state index in [1.165, 1.54) is 37.3 Å². The first-order valence-corrected chi connectivity index (χ1v) is 17.2. The van der Waals surface area contributed by atoms with E-state index in [0.29, 0.717) is 16.3 Å². The zero-order valence-electron chi connectivity index (χ0n) is 28.1. The molecule has 48 heavy (non-hydrogen) atoms. The van der Waals surface area contributed by atoms with Crippen molar-refractivity contribution in [3.05, 3.63) is 119 Å². The Kier molecular flexibility index (Phi) is 11.8. The van der Waals surface area contributed by atoms with Crippen molar-refractivity contribution in [2.45, 2.75) is 57.1 Å². The largest absolute Gasteiger partial charge is 0.493 e. The number of carbonyl (C=O) groups is 2. The Balaban J connectivity index is 1.86. The molecular weight excluding hydrogens is 650 g/mol. The predicted octanol–water partition coefficient (Wildman–Crippen LogP) is 6.42. The van der Waals surface area contributed by atoms with Crippen LogP contribution < -0.4 is 19.1 Å². The number of anilines is 1. The zero-order chi connectivity index (χ0) is 35.1. The van der Waals surface area contributed by atoms with Gasteiger partial charge in [0.15, 0.2) is 11.5 Å². The smallest absolute Gasteiger partial charge is 0.264 e. The molecule has 0 spiro atoms. The van der Waals surface area contributed by atoms with E-state index in [1.807, 2.05) is 64.1 Å². The summed E-state index contributed by atoms with van der Waals surface area (Å²) < 4.78 is 40.6. The highest BCUT2D eigenvalue weighted by molar-refractivity contribution is 7.92. The highest BCUT2D eigenvalue weighted by Crippen LogP contribution is 2.34. The second-order valence-corrected chi connectivity index (χ2v) is 14.8. The van der Waals surface area contributed by atoms with E-state index < -0.39 is 34.1 Å². The van der Waals surface area contributed by atoms with Gasteiger partial charge in [-0.3, -0.25) is 13.9 Å². The molecule has 4 aromatic rings. The summed E-state index contributed by atoms with van der Waals surface area (Å²) in [4.78, 5) is 30.1. The quantitative estimate of drug-likeness (QED) is 0.174. The number of hydrogen-bond donors (Lipinski definition) is 1. The number of nitrogens with zero attached hydrogens (tertiary/aromatic N) is 2. The lowest BCUT2D eigenvalue weighted by molar-refractivity contribution is -0.140. The minimum absolute atomic E-state index is 0.00118. The third-order valence-electron chi connectivity index (χ3n) is 7.55. The number of amides is 2. The van der Waals surface area contributed by atoms with Crippen LogP contribution in [0.15, 0.2) is 102 Å². The van der Waals surface area contributed by atoms with Crippen molar-refractivity contribution < 1.29 is 27.5 Å². The predicted molar refractivity (Wildman–Crippen MR) is 189 cm³/mol. The number of hydrogen-bond acceptors (Lipinski definition) is 6. The first kappa shape index (κ1) is 36.3. The first-order valence-electron chi connectivity index (χ1n) is 15.4. The average molecular weight is 692 g/mol. The molecule has 0 aliphatic heterocycles. The molecule has 254 valence electrons. The number of benzene rings is 4. The number of halogens is 1. The van der Waals surface area contributed by atoms with Crippen LogP contribution in [-0.2, 0) is 32.6 Å². The summed E-state index contributed by atoms with van der Waals surface area (Å²) in [5, 5.41) is 3.49. The summed E-state index contributed by atoms with van der Waals surface area (Å²) in [6.45, 7) is 6.83. The minimum atomic E-state index is -4.29. The molecule has 1 atom stereocenters. The molecule has 11 heteroatoms. The molecule has 0 saturated heterocycles. The maximum atomic E-state index is 14.7. The number of sulfonamides is 1. The van der Waals surface area contributed by atoms with Gasteiger partial charge in [-0.25, -0.2) is 8.42 Å². The third kappa shape index (κ3) is 9.29. The number of rotatable bonds is 13. The van der Waals surface area contributed by atoms with Crippen molar-refractivity contribution in [1.82, 2.24) is 10.2 Å². The van der Waals surface area contributed by atoms with Crippen LogP contribution in [0.5, 0.6) is 11.5 Å². The summed E-state index contributed by atoms with van der Waals surface area (Å²) in [5.74, 6) is -0.287. The first-order chi connectivity index (χ1) is 22.7. The van der Waals surface area contributed by atoms with Crippen molar-refractivity contribution in [1.29, 1.82) is 0 Å². The summed E-state index contributed by atoms with van der Waals surface area (Å²) >= 11 is 6.33. The molecule has 1 unspecified atom stereocenters. The van der Waals surface area contributed by atoms with Gasteiger partial charge in [0.05, 0.1) is 24.8 Å². The van der Waals surface area contributed by atoms with E-state index >= 15 is 0 Å². The van der Waals surface area contributed by atoms with Crippen molar-refractivity contribution in [2.24, 2.45) is 0 Å². The lowest BCUT2D eigenvalue weighted by Crippen LogP contribution is -2.56. The van der Waals surface area contributed by atoms with E-state index in [-0.39, 0.29) is 35.2 Å². The Morgan fingerprint density at radius 3 is 2.08 bits per heavy atom. The summed E-state index contributed by atoms with van der Waals surface area (Å²) in [7, 11) is -1.37. The van der Waals surface area contributed by atoms with Crippen LogP contribution >= 0.6 is 11.6 Å². The zero-order valence-corrected chi connectivity index (χ0v) is 29.6. The molecule has 0 fully saturated rings. The van der Waals surface area contributed by atoms with Crippen LogP contribution in [0, 0.1) is 6.92 Å². The molecule has 0 aliphatic carbocycles. The van der Waals surface area contributed by atoms with E-state index in [1.54, 1.807) is 42.5 Å². The molecule has 0 aromatic heterocycles. The summed E-state index contributed by atoms with van der Waals surface area (Å²) in [5.41, 5.74) is 1.97. The van der Waals surface area contributed by atoms with Crippen LogP contribution in [0.25, 0.3) is 0 Å². The van der Waals surface area contributed by atoms with Gasteiger partial charge in [0.25, 0.3) is 10.0 Å². The Hall–Kier alpha value is -4.54. The van der Waals surface area contributed by atoms with Crippen LogP contribution in [0.3, 0.4) is 0 Å². The molecule has 0 saturated carbocycles. The number of carbonyl (C=O) groups excluding carboxylic acids is 2. The van der Waals surface area contributed by atoms with Crippen molar-refractivity contribution in [2.75, 3.05) is 25.1 Å². The molecule has 0 heterocycles. The molecule has 4 rings (SSSR count). The third-order valence-corrected chi connectivity index (χ3v) is 9.58. The molecule has 9 nitrogen and oxygen atoms in total. The number of ether oxygens (including phenoxy) is 2. The molecule has 1 N–H and O–H groups in total. The molecule has 0 radical (unpaired) electrons. The van der Waals surface area contributed by atoms with E-state index in [4.69, 9.17) is 21.1 Å². The Morgan fingerprint density at radius 1 is 0.833 bits per heavy atom. The Labute approximate surface area is 288 Å². The number of aryl methyl sites for hydroxylation is 1. The fourth-order valence-corrected chi connectivity index (χ4v) is 6.80. The lowest BCUT2D eigenvalue weighted by atomic mass is 10.0. The van der Waals surface area contributed by atoms with E-state index in [0.717, 1.165) is 15.4 Å². The van der Waals surface area contributed by atoms with Gasteiger partial charge in [-0.1, -0.05) is 71.8 Å². The standard InChI is InChI=1S/C37H42ClN3O6S/c1-26-15-18-31(19-16-26)48(44,45)41(30-17-20-33(46-5)34(23-30)47-6)25-35(42)40(24-28-13-10-14-29(38)21-28)32(36(43)39-37(2,3)4)22-27-11-8-7-9-12-27/h7-21,23,32H,22,24-25H2,1-6H3,(H,39,43). The molecule has 2 amide bonds. The molecular formula is C37H42ClN3O6S. The molecule has 4 aromatic carbocycles. The van der Waals surface area contributed by atoms with E-state index in [2.05, 4.69) is 5.32 Å². The minimum Gasteiger partial charge on any atom is -0.493 e. The van der Waals surface area contributed by atoms with Gasteiger partial charge >= 0.3 is 0 Å².